The van der Waals surface area contributed by atoms with E-state index in [-0.39, 0.29) is 12.5 Å². The number of aliphatic hydroxyl groups is 1. The molecule has 1 unspecified atom stereocenters. The van der Waals surface area contributed by atoms with Gasteiger partial charge in [-0.25, -0.2) is 0 Å². The number of nitrogens with zero attached hydrogens (tertiary/aromatic N) is 1. The summed E-state index contributed by atoms with van der Waals surface area (Å²) in [6.07, 6.45) is 3.80. The summed E-state index contributed by atoms with van der Waals surface area (Å²) < 4.78 is 0. The molecule has 0 aromatic heterocycles. The summed E-state index contributed by atoms with van der Waals surface area (Å²) in [7, 11) is 0. The molecule has 1 amide bonds. The second-order valence-corrected chi connectivity index (χ2v) is 5.47. The van der Waals surface area contributed by atoms with Crippen molar-refractivity contribution in [2.75, 3.05) is 26.0 Å². The monoisotopic (exact) mass is 265 g/mol. The van der Waals surface area contributed by atoms with Gasteiger partial charge in [0.05, 0.1) is 5.56 Å². The highest BCUT2D eigenvalue weighted by Gasteiger charge is 2.27. The fourth-order valence-electron chi connectivity index (χ4n) is 2.43. The van der Waals surface area contributed by atoms with Gasteiger partial charge in [-0.3, -0.25) is 4.79 Å². The van der Waals surface area contributed by atoms with Crippen LogP contribution in [-0.2, 0) is 0 Å². The highest BCUT2D eigenvalue weighted by atomic mass is 32.2. The SMILES string of the molecule is CSc1ccccc1C(=O)N1CCC(CCO)C1. The Morgan fingerprint density at radius 2 is 2.28 bits per heavy atom. The molecule has 0 saturated carbocycles. The first-order valence-corrected chi connectivity index (χ1v) is 7.52. The van der Waals surface area contributed by atoms with Gasteiger partial charge in [0.25, 0.3) is 5.91 Å². The summed E-state index contributed by atoms with van der Waals surface area (Å²) in [6.45, 7) is 1.81. The molecule has 18 heavy (non-hydrogen) atoms. The normalized spacial score (nSPS) is 19.2. The van der Waals surface area contributed by atoms with Crippen LogP contribution in [-0.4, -0.2) is 41.9 Å². The molecule has 0 spiro atoms. The Kier molecular flexibility index (Phi) is 4.66. The van der Waals surface area contributed by atoms with Crippen molar-refractivity contribution in [3.8, 4) is 0 Å². The van der Waals surface area contributed by atoms with Gasteiger partial charge in [0.1, 0.15) is 0 Å². The van der Waals surface area contributed by atoms with Crippen LogP contribution in [0.4, 0.5) is 0 Å². The van der Waals surface area contributed by atoms with E-state index < -0.39 is 0 Å². The van der Waals surface area contributed by atoms with E-state index in [1.54, 1.807) is 11.8 Å². The maximum atomic E-state index is 12.4. The first kappa shape index (κ1) is 13.4. The number of hydrogen-bond donors (Lipinski definition) is 1. The van der Waals surface area contributed by atoms with Crippen LogP contribution in [0.2, 0.25) is 0 Å². The van der Waals surface area contributed by atoms with Crippen molar-refractivity contribution in [3.63, 3.8) is 0 Å². The smallest absolute Gasteiger partial charge is 0.254 e. The minimum absolute atomic E-state index is 0.125. The molecule has 1 aliphatic heterocycles. The molecule has 1 saturated heterocycles. The lowest BCUT2D eigenvalue weighted by Crippen LogP contribution is -2.29. The molecule has 0 radical (unpaired) electrons. The van der Waals surface area contributed by atoms with Crippen molar-refractivity contribution in [1.82, 2.24) is 4.90 Å². The average molecular weight is 265 g/mol. The van der Waals surface area contributed by atoms with Crippen molar-refractivity contribution >= 4 is 17.7 Å². The maximum Gasteiger partial charge on any atom is 0.254 e. The number of carbonyl (C=O) groups is 1. The number of carbonyl (C=O) groups excluding carboxylic acids is 1. The Morgan fingerprint density at radius 1 is 1.50 bits per heavy atom. The van der Waals surface area contributed by atoms with E-state index >= 15 is 0 Å². The number of hydrogen-bond acceptors (Lipinski definition) is 3. The highest BCUT2D eigenvalue weighted by Crippen LogP contribution is 2.25. The summed E-state index contributed by atoms with van der Waals surface area (Å²) in [5, 5.41) is 8.94. The molecular formula is C14H19NO2S. The van der Waals surface area contributed by atoms with Crippen LogP contribution < -0.4 is 0 Å². The van der Waals surface area contributed by atoms with E-state index in [2.05, 4.69) is 0 Å². The Bertz CT molecular complexity index is 422. The summed E-state index contributed by atoms with van der Waals surface area (Å²) >= 11 is 1.61. The largest absolute Gasteiger partial charge is 0.396 e. The number of amides is 1. The molecule has 0 aliphatic carbocycles. The minimum Gasteiger partial charge on any atom is -0.396 e. The second kappa shape index (κ2) is 6.25. The summed E-state index contributed by atoms with van der Waals surface area (Å²) in [6, 6.07) is 7.75. The Labute approximate surface area is 112 Å². The van der Waals surface area contributed by atoms with Gasteiger partial charge < -0.3 is 10.0 Å². The first-order valence-electron chi connectivity index (χ1n) is 6.29. The zero-order valence-electron chi connectivity index (χ0n) is 10.6. The van der Waals surface area contributed by atoms with E-state index in [0.717, 1.165) is 36.4 Å². The third kappa shape index (κ3) is 2.87. The lowest BCUT2D eigenvalue weighted by Gasteiger charge is -2.18. The molecular weight excluding hydrogens is 246 g/mol. The van der Waals surface area contributed by atoms with Crippen LogP contribution in [0.3, 0.4) is 0 Å². The van der Waals surface area contributed by atoms with Crippen molar-refractivity contribution in [2.24, 2.45) is 5.92 Å². The van der Waals surface area contributed by atoms with Crippen LogP contribution >= 0.6 is 11.8 Å². The van der Waals surface area contributed by atoms with E-state index in [1.807, 2.05) is 35.4 Å². The lowest BCUT2D eigenvalue weighted by atomic mass is 10.1. The molecule has 0 bridgehead atoms. The summed E-state index contributed by atoms with van der Waals surface area (Å²) in [5.74, 6) is 0.584. The number of likely N-dealkylation sites (tertiary alicyclic amines) is 1. The molecule has 1 aromatic carbocycles. The molecule has 3 nitrogen and oxygen atoms in total. The van der Waals surface area contributed by atoms with Crippen molar-refractivity contribution in [2.45, 2.75) is 17.7 Å². The molecule has 2 rings (SSSR count). The fourth-order valence-corrected chi connectivity index (χ4v) is 3.02. The molecule has 98 valence electrons. The molecule has 1 aliphatic rings. The van der Waals surface area contributed by atoms with Gasteiger partial charge in [-0.15, -0.1) is 11.8 Å². The van der Waals surface area contributed by atoms with Crippen molar-refractivity contribution in [1.29, 1.82) is 0 Å². The van der Waals surface area contributed by atoms with Crippen LogP contribution in [0.25, 0.3) is 0 Å². The van der Waals surface area contributed by atoms with Gasteiger partial charge in [-0.1, -0.05) is 12.1 Å². The fraction of sp³-hybridized carbons (Fsp3) is 0.500. The van der Waals surface area contributed by atoms with Gasteiger partial charge >= 0.3 is 0 Å². The third-order valence-corrected chi connectivity index (χ3v) is 4.24. The highest BCUT2D eigenvalue weighted by molar-refractivity contribution is 7.98. The maximum absolute atomic E-state index is 12.4. The van der Waals surface area contributed by atoms with Gasteiger partial charge in [-0.05, 0) is 37.1 Å². The predicted octanol–water partition coefficient (Wildman–Crippen LogP) is 2.25. The molecule has 1 N–H and O–H groups in total. The molecule has 1 heterocycles. The molecule has 4 heteroatoms. The first-order chi connectivity index (χ1) is 8.76. The van der Waals surface area contributed by atoms with Crippen molar-refractivity contribution < 1.29 is 9.90 Å². The van der Waals surface area contributed by atoms with Crippen molar-refractivity contribution in [3.05, 3.63) is 29.8 Å². The van der Waals surface area contributed by atoms with E-state index in [4.69, 9.17) is 5.11 Å². The third-order valence-electron chi connectivity index (χ3n) is 3.45. The average Bonchev–Trinajstić information content (AvgIpc) is 2.87. The van der Waals surface area contributed by atoms with Gasteiger partial charge in [0.15, 0.2) is 0 Å². The zero-order valence-corrected chi connectivity index (χ0v) is 11.4. The Morgan fingerprint density at radius 3 is 3.00 bits per heavy atom. The molecule has 1 fully saturated rings. The molecule has 1 atom stereocenters. The number of benzene rings is 1. The zero-order chi connectivity index (χ0) is 13.0. The summed E-state index contributed by atoms with van der Waals surface area (Å²) in [5.41, 5.74) is 0.801. The van der Waals surface area contributed by atoms with Gasteiger partial charge in [0, 0.05) is 24.6 Å². The summed E-state index contributed by atoms with van der Waals surface area (Å²) in [4.78, 5) is 15.4. The van der Waals surface area contributed by atoms with E-state index in [0.29, 0.717) is 5.92 Å². The Balaban J connectivity index is 2.08. The van der Waals surface area contributed by atoms with Crippen LogP contribution in [0.5, 0.6) is 0 Å². The predicted molar refractivity (Wildman–Crippen MR) is 73.9 cm³/mol. The standard InChI is InChI=1S/C14H19NO2S/c1-18-13-5-3-2-4-12(13)14(17)15-8-6-11(10-15)7-9-16/h2-5,11,16H,6-10H2,1H3. The van der Waals surface area contributed by atoms with Crippen LogP contribution in [0, 0.1) is 5.92 Å². The minimum atomic E-state index is 0.125. The van der Waals surface area contributed by atoms with Gasteiger partial charge in [0.2, 0.25) is 0 Å². The quantitative estimate of drug-likeness (QED) is 0.849. The topological polar surface area (TPSA) is 40.5 Å². The van der Waals surface area contributed by atoms with E-state index in [1.165, 1.54) is 0 Å². The number of thioether (sulfide) groups is 1. The molecule has 1 aromatic rings. The van der Waals surface area contributed by atoms with E-state index in [9.17, 15) is 4.79 Å². The second-order valence-electron chi connectivity index (χ2n) is 4.62. The van der Waals surface area contributed by atoms with Crippen LogP contribution in [0.1, 0.15) is 23.2 Å². The number of aliphatic hydroxyl groups excluding tert-OH is 1. The number of rotatable bonds is 4. The van der Waals surface area contributed by atoms with Gasteiger partial charge in [-0.2, -0.15) is 0 Å². The Hall–Kier alpha value is -1.00. The van der Waals surface area contributed by atoms with Crippen LogP contribution in [0.15, 0.2) is 29.2 Å². The lowest BCUT2D eigenvalue weighted by molar-refractivity contribution is 0.0781.